The van der Waals surface area contributed by atoms with Crippen molar-refractivity contribution >= 4 is 45.8 Å². The van der Waals surface area contributed by atoms with Gasteiger partial charge in [0, 0.05) is 24.6 Å². The Hall–Kier alpha value is -3.92. The van der Waals surface area contributed by atoms with Gasteiger partial charge in [-0.15, -0.1) is 10.2 Å². The Morgan fingerprint density at radius 1 is 1.03 bits per heavy atom. The molecule has 1 atom stereocenters. The zero-order valence-corrected chi connectivity index (χ0v) is 19.4. The van der Waals surface area contributed by atoms with Crippen LogP contribution in [0.2, 0.25) is 0 Å². The van der Waals surface area contributed by atoms with Crippen LogP contribution in [-0.4, -0.2) is 51.8 Å². The second-order valence-corrected chi connectivity index (χ2v) is 9.42. The molecule has 172 valence electrons. The van der Waals surface area contributed by atoms with Crippen molar-refractivity contribution in [2.45, 2.75) is 26.2 Å². The zero-order chi connectivity index (χ0) is 24.0. The molecule has 3 aromatic rings. The van der Waals surface area contributed by atoms with Gasteiger partial charge in [-0.2, -0.15) is 0 Å². The van der Waals surface area contributed by atoms with Gasteiger partial charge in [-0.1, -0.05) is 29.5 Å². The number of amides is 4. The normalized spacial score (nSPS) is 17.5. The molecule has 1 saturated heterocycles. The second-order valence-electron chi connectivity index (χ2n) is 8.41. The van der Waals surface area contributed by atoms with Gasteiger partial charge in [0.25, 0.3) is 11.8 Å². The number of aromatic nitrogens is 2. The number of rotatable bonds is 5. The number of anilines is 2. The average Bonchev–Trinajstić information content (AvgIpc) is 3.50. The van der Waals surface area contributed by atoms with Gasteiger partial charge in [0.15, 0.2) is 0 Å². The minimum atomic E-state index is -0.545. The number of carbonyl (C=O) groups is 4. The van der Waals surface area contributed by atoms with Crippen LogP contribution in [0.1, 0.15) is 49.2 Å². The summed E-state index contributed by atoms with van der Waals surface area (Å²) in [4.78, 5) is 52.7. The van der Waals surface area contributed by atoms with E-state index in [1.807, 2.05) is 32.0 Å². The van der Waals surface area contributed by atoms with Crippen LogP contribution in [0.15, 0.2) is 42.5 Å². The molecule has 1 fully saturated rings. The number of imide groups is 1. The fraction of sp³-hybridized carbons (Fsp3) is 0.250. The molecule has 10 heteroatoms. The molecule has 0 aliphatic carbocycles. The van der Waals surface area contributed by atoms with Crippen LogP contribution in [0, 0.1) is 13.8 Å². The smallest absolute Gasteiger partial charge is 0.262 e. The van der Waals surface area contributed by atoms with Crippen molar-refractivity contribution in [3.63, 3.8) is 0 Å². The maximum Gasteiger partial charge on any atom is 0.262 e. The summed E-state index contributed by atoms with van der Waals surface area (Å²) in [6, 6.07) is 12.4. The van der Waals surface area contributed by atoms with E-state index in [0.29, 0.717) is 18.0 Å². The Kier molecular flexibility index (Phi) is 5.45. The molecule has 5 rings (SSSR count). The fourth-order valence-corrected chi connectivity index (χ4v) is 5.00. The van der Waals surface area contributed by atoms with Gasteiger partial charge in [0.1, 0.15) is 11.6 Å². The van der Waals surface area contributed by atoms with E-state index in [4.69, 9.17) is 0 Å². The van der Waals surface area contributed by atoms with E-state index < -0.39 is 24.3 Å². The van der Waals surface area contributed by atoms with Crippen LogP contribution in [0.25, 0.3) is 0 Å². The third kappa shape index (κ3) is 3.86. The van der Waals surface area contributed by atoms with Crippen molar-refractivity contribution in [2.24, 2.45) is 0 Å². The molecule has 0 radical (unpaired) electrons. The Labute approximate surface area is 199 Å². The highest BCUT2D eigenvalue weighted by Gasteiger charge is 2.37. The second kappa shape index (κ2) is 8.45. The van der Waals surface area contributed by atoms with E-state index >= 15 is 0 Å². The molecular weight excluding hydrogens is 454 g/mol. The SMILES string of the molecule is Cc1ccc(N2C[C@H](c3nnc(NC(=O)CN4C(=O)c5ccccc5C4=O)s3)CC2=O)cc1C. The lowest BCUT2D eigenvalue weighted by Gasteiger charge is -2.17. The Morgan fingerprint density at radius 3 is 2.41 bits per heavy atom. The fourth-order valence-electron chi connectivity index (χ4n) is 4.15. The first-order valence-electron chi connectivity index (χ1n) is 10.8. The summed E-state index contributed by atoms with van der Waals surface area (Å²) < 4.78 is 0. The number of aryl methyl sites for hydroxylation is 2. The molecule has 0 unspecified atom stereocenters. The number of hydrogen-bond donors (Lipinski definition) is 1. The van der Waals surface area contributed by atoms with E-state index in [1.54, 1.807) is 29.2 Å². The molecule has 1 aromatic heterocycles. The quantitative estimate of drug-likeness (QED) is 0.568. The zero-order valence-electron chi connectivity index (χ0n) is 18.6. The monoisotopic (exact) mass is 475 g/mol. The largest absolute Gasteiger partial charge is 0.312 e. The van der Waals surface area contributed by atoms with Crippen molar-refractivity contribution in [1.29, 1.82) is 0 Å². The van der Waals surface area contributed by atoms with E-state index in [0.717, 1.165) is 21.7 Å². The summed E-state index contributed by atoms with van der Waals surface area (Å²) in [6.07, 6.45) is 0.310. The van der Waals surface area contributed by atoms with Gasteiger partial charge in [-0.3, -0.25) is 29.4 Å². The van der Waals surface area contributed by atoms with Crippen molar-refractivity contribution in [1.82, 2.24) is 15.1 Å². The predicted molar refractivity (Wildman–Crippen MR) is 126 cm³/mol. The average molecular weight is 476 g/mol. The maximum absolute atomic E-state index is 12.6. The van der Waals surface area contributed by atoms with Crippen LogP contribution in [0.4, 0.5) is 10.8 Å². The molecule has 3 heterocycles. The van der Waals surface area contributed by atoms with E-state index in [1.165, 1.54) is 11.3 Å². The van der Waals surface area contributed by atoms with Crippen molar-refractivity contribution in [2.75, 3.05) is 23.3 Å². The molecule has 0 bridgehead atoms. The van der Waals surface area contributed by atoms with Gasteiger partial charge < -0.3 is 4.90 Å². The lowest BCUT2D eigenvalue weighted by Crippen LogP contribution is -2.37. The molecule has 34 heavy (non-hydrogen) atoms. The molecule has 4 amide bonds. The summed E-state index contributed by atoms with van der Waals surface area (Å²) in [5.74, 6) is -1.65. The Morgan fingerprint density at radius 2 is 1.74 bits per heavy atom. The number of fused-ring (bicyclic) bond motifs is 1. The van der Waals surface area contributed by atoms with Crippen molar-refractivity contribution in [3.8, 4) is 0 Å². The summed E-state index contributed by atoms with van der Waals surface area (Å²) in [6.45, 7) is 4.11. The van der Waals surface area contributed by atoms with Crippen molar-refractivity contribution < 1.29 is 19.2 Å². The predicted octanol–water partition coefficient (Wildman–Crippen LogP) is 2.91. The van der Waals surface area contributed by atoms with Gasteiger partial charge in [0.05, 0.1) is 11.1 Å². The molecule has 0 saturated carbocycles. The molecule has 2 aromatic carbocycles. The first kappa shape index (κ1) is 21.9. The van der Waals surface area contributed by atoms with Crippen LogP contribution in [0.5, 0.6) is 0 Å². The molecule has 1 N–H and O–H groups in total. The third-order valence-electron chi connectivity index (χ3n) is 6.14. The summed E-state index contributed by atoms with van der Waals surface area (Å²) >= 11 is 1.19. The number of benzene rings is 2. The lowest BCUT2D eigenvalue weighted by molar-refractivity contribution is -0.117. The van der Waals surface area contributed by atoms with Crippen molar-refractivity contribution in [3.05, 3.63) is 69.7 Å². The maximum atomic E-state index is 12.6. The highest BCUT2D eigenvalue weighted by atomic mass is 32.1. The van der Waals surface area contributed by atoms with E-state index in [-0.39, 0.29) is 28.1 Å². The van der Waals surface area contributed by atoms with Crippen LogP contribution in [0.3, 0.4) is 0 Å². The van der Waals surface area contributed by atoms with E-state index in [9.17, 15) is 19.2 Å². The first-order valence-corrected chi connectivity index (χ1v) is 11.6. The third-order valence-corrected chi connectivity index (χ3v) is 7.14. The number of nitrogens with zero attached hydrogens (tertiary/aromatic N) is 4. The van der Waals surface area contributed by atoms with Crippen LogP contribution < -0.4 is 10.2 Å². The Balaban J connectivity index is 1.23. The molecule has 2 aliphatic rings. The number of nitrogens with one attached hydrogen (secondary N) is 1. The summed E-state index contributed by atoms with van der Waals surface area (Å²) in [7, 11) is 0. The minimum absolute atomic E-state index is 0.0136. The van der Waals surface area contributed by atoms with Crippen LogP contribution >= 0.6 is 11.3 Å². The molecular formula is C24H21N5O4S. The lowest BCUT2D eigenvalue weighted by atomic mass is 10.1. The van der Waals surface area contributed by atoms with Gasteiger partial charge in [-0.05, 0) is 49.2 Å². The first-order chi connectivity index (χ1) is 16.3. The summed E-state index contributed by atoms with van der Waals surface area (Å²) in [5.41, 5.74) is 3.72. The van der Waals surface area contributed by atoms with Gasteiger partial charge >= 0.3 is 0 Å². The Bertz CT molecular complexity index is 1320. The van der Waals surface area contributed by atoms with Gasteiger partial charge in [0.2, 0.25) is 16.9 Å². The topological polar surface area (TPSA) is 113 Å². The number of carbonyl (C=O) groups excluding carboxylic acids is 4. The number of hydrogen-bond acceptors (Lipinski definition) is 7. The molecule has 0 spiro atoms. The highest BCUT2D eigenvalue weighted by molar-refractivity contribution is 7.15. The minimum Gasteiger partial charge on any atom is -0.312 e. The van der Waals surface area contributed by atoms with Gasteiger partial charge in [-0.25, -0.2) is 0 Å². The molecule has 2 aliphatic heterocycles. The summed E-state index contributed by atoms with van der Waals surface area (Å²) in [5, 5.41) is 11.7. The van der Waals surface area contributed by atoms with Crippen LogP contribution in [-0.2, 0) is 9.59 Å². The highest BCUT2D eigenvalue weighted by Crippen LogP contribution is 2.35. The van der Waals surface area contributed by atoms with E-state index in [2.05, 4.69) is 15.5 Å². The standard InChI is InChI=1S/C24H21N5O4S/c1-13-7-8-16(9-14(13)2)28-11-15(10-20(28)31)21-26-27-24(34-21)25-19(30)12-29-22(32)17-5-3-4-6-18(17)23(29)33/h3-9,15H,10-12H2,1-2H3,(H,25,27,30)/t15-/m1/s1. The molecule has 9 nitrogen and oxygen atoms in total.